The van der Waals surface area contributed by atoms with Gasteiger partial charge in [0.15, 0.2) is 12.4 Å². The van der Waals surface area contributed by atoms with Crippen molar-refractivity contribution >= 4 is 11.6 Å². The number of aliphatic hydroxyl groups excluding tert-OH is 2. The van der Waals surface area contributed by atoms with Gasteiger partial charge in [-0.3, -0.25) is 14.9 Å². The molecule has 8 nitrogen and oxygen atoms in total. The van der Waals surface area contributed by atoms with E-state index in [0.717, 1.165) is 0 Å². The van der Waals surface area contributed by atoms with Crippen molar-refractivity contribution in [3.8, 4) is 0 Å². The molecular formula is C16H18BrN3O5. The molecule has 2 atom stereocenters. The molecule has 0 bridgehead atoms. The minimum Gasteiger partial charge on any atom is -1.00 e. The first-order valence-electron chi connectivity index (χ1n) is 7.28. The van der Waals surface area contributed by atoms with Crippen LogP contribution in [-0.2, 0) is 11.3 Å². The third-order valence-corrected chi connectivity index (χ3v) is 3.47. The topological polar surface area (TPSA) is 117 Å². The highest BCUT2D eigenvalue weighted by atomic mass is 79.9. The Morgan fingerprint density at radius 1 is 1.20 bits per heavy atom. The third kappa shape index (κ3) is 5.89. The van der Waals surface area contributed by atoms with Crippen molar-refractivity contribution < 1.29 is 41.5 Å². The molecule has 0 aliphatic carbocycles. The minimum absolute atomic E-state index is 0. The van der Waals surface area contributed by atoms with E-state index in [2.05, 4.69) is 5.32 Å². The number of amides is 1. The Morgan fingerprint density at radius 3 is 2.32 bits per heavy atom. The van der Waals surface area contributed by atoms with E-state index >= 15 is 0 Å². The maximum atomic E-state index is 12.0. The number of carbonyl (C=O) groups is 1. The molecule has 1 aromatic carbocycles. The quantitative estimate of drug-likeness (QED) is 0.256. The molecule has 134 valence electrons. The fourth-order valence-electron chi connectivity index (χ4n) is 2.21. The average Bonchev–Trinajstić information content (AvgIpc) is 2.60. The molecule has 9 heteroatoms. The van der Waals surface area contributed by atoms with Gasteiger partial charge in [0.25, 0.3) is 11.6 Å². The molecule has 3 N–H and O–H groups in total. The number of nitrogens with one attached hydrogen (secondary N) is 1. The van der Waals surface area contributed by atoms with Crippen LogP contribution in [0.5, 0.6) is 0 Å². The van der Waals surface area contributed by atoms with Crippen LogP contribution < -0.4 is 26.9 Å². The summed E-state index contributed by atoms with van der Waals surface area (Å²) in [6.45, 7) is -0.423. The molecule has 1 heterocycles. The van der Waals surface area contributed by atoms with E-state index in [0.29, 0.717) is 5.56 Å². The van der Waals surface area contributed by atoms with Crippen molar-refractivity contribution in [3.63, 3.8) is 0 Å². The number of aliphatic hydroxyl groups is 2. The fraction of sp³-hybridized carbons (Fsp3) is 0.250. The van der Waals surface area contributed by atoms with Crippen LogP contribution in [0.15, 0.2) is 54.9 Å². The lowest BCUT2D eigenvalue weighted by atomic mass is 10.0. The molecule has 2 aromatic rings. The summed E-state index contributed by atoms with van der Waals surface area (Å²) in [7, 11) is 0. The van der Waals surface area contributed by atoms with Crippen molar-refractivity contribution in [2.75, 3.05) is 6.61 Å². The summed E-state index contributed by atoms with van der Waals surface area (Å²) < 4.78 is 1.65. The molecule has 0 fully saturated rings. The first kappa shape index (κ1) is 20.7. The summed E-state index contributed by atoms with van der Waals surface area (Å²) in [5.41, 5.74) is 0.267. The SMILES string of the molecule is O=C(C[n+]1ccccc1)N[C@H](CO)[C@H](O)c1ccc([N+](=O)[O-])cc1.[Br-]. The van der Waals surface area contributed by atoms with Gasteiger partial charge in [-0.15, -0.1) is 0 Å². The van der Waals surface area contributed by atoms with Gasteiger partial charge in [0, 0.05) is 24.3 Å². The monoisotopic (exact) mass is 411 g/mol. The summed E-state index contributed by atoms with van der Waals surface area (Å²) >= 11 is 0. The van der Waals surface area contributed by atoms with Crippen molar-refractivity contribution in [2.45, 2.75) is 18.7 Å². The van der Waals surface area contributed by atoms with Crippen molar-refractivity contribution in [1.29, 1.82) is 0 Å². The van der Waals surface area contributed by atoms with Gasteiger partial charge in [-0.25, -0.2) is 0 Å². The number of non-ortho nitro benzene ring substituents is 1. The van der Waals surface area contributed by atoms with Crippen LogP contribution in [0.25, 0.3) is 0 Å². The zero-order valence-electron chi connectivity index (χ0n) is 13.2. The average molecular weight is 412 g/mol. The van der Waals surface area contributed by atoms with E-state index in [1.165, 1.54) is 24.3 Å². The van der Waals surface area contributed by atoms with Gasteiger partial charge in [0.05, 0.1) is 17.6 Å². The van der Waals surface area contributed by atoms with Gasteiger partial charge in [-0.05, 0) is 17.7 Å². The Kier molecular flexibility index (Phi) is 8.12. The van der Waals surface area contributed by atoms with E-state index in [1.54, 1.807) is 29.1 Å². The predicted octanol–water partition coefficient (Wildman–Crippen LogP) is -2.90. The Labute approximate surface area is 154 Å². The summed E-state index contributed by atoms with van der Waals surface area (Å²) in [5.74, 6) is -0.369. The second-order valence-electron chi connectivity index (χ2n) is 5.20. The van der Waals surface area contributed by atoms with Gasteiger partial charge in [-0.1, -0.05) is 6.07 Å². The second kappa shape index (κ2) is 9.82. The van der Waals surface area contributed by atoms with Crippen LogP contribution in [0.3, 0.4) is 0 Å². The molecule has 0 unspecified atom stereocenters. The number of nitrogens with zero attached hydrogens (tertiary/aromatic N) is 2. The molecule has 0 saturated heterocycles. The molecule has 0 aliphatic heterocycles. The third-order valence-electron chi connectivity index (χ3n) is 3.47. The molecule has 0 aliphatic rings. The molecule has 25 heavy (non-hydrogen) atoms. The predicted molar refractivity (Wildman–Crippen MR) is 83.7 cm³/mol. The molecular weight excluding hydrogens is 394 g/mol. The fourth-order valence-corrected chi connectivity index (χ4v) is 2.21. The number of hydrogen-bond acceptors (Lipinski definition) is 5. The van der Waals surface area contributed by atoms with Crippen LogP contribution in [0.4, 0.5) is 5.69 Å². The Balaban J connectivity index is 0.00000312. The van der Waals surface area contributed by atoms with Crippen LogP contribution in [0, 0.1) is 10.1 Å². The molecule has 0 saturated carbocycles. The van der Waals surface area contributed by atoms with Crippen LogP contribution >= 0.6 is 0 Å². The van der Waals surface area contributed by atoms with Crippen molar-refractivity contribution in [1.82, 2.24) is 5.32 Å². The zero-order chi connectivity index (χ0) is 17.5. The number of nitro benzene ring substituents is 1. The van der Waals surface area contributed by atoms with Crippen LogP contribution in [0.2, 0.25) is 0 Å². The highest BCUT2D eigenvalue weighted by Gasteiger charge is 2.24. The lowest BCUT2D eigenvalue weighted by molar-refractivity contribution is -0.684. The first-order chi connectivity index (χ1) is 11.5. The van der Waals surface area contributed by atoms with Crippen LogP contribution in [-0.4, -0.2) is 33.7 Å². The maximum absolute atomic E-state index is 12.0. The minimum atomic E-state index is -1.18. The largest absolute Gasteiger partial charge is 1.00 e. The summed E-state index contributed by atoms with van der Waals surface area (Å²) in [6.07, 6.45) is 2.26. The Bertz CT molecular complexity index is 697. The van der Waals surface area contributed by atoms with Crippen molar-refractivity contribution in [3.05, 3.63) is 70.5 Å². The van der Waals surface area contributed by atoms with E-state index in [9.17, 15) is 25.1 Å². The number of halogens is 1. The van der Waals surface area contributed by atoms with E-state index in [-0.39, 0.29) is 35.1 Å². The number of aromatic nitrogens is 1. The van der Waals surface area contributed by atoms with E-state index < -0.39 is 23.7 Å². The number of benzene rings is 1. The Hall–Kier alpha value is -2.36. The van der Waals surface area contributed by atoms with Crippen LogP contribution in [0.1, 0.15) is 11.7 Å². The van der Waals surface area contributed by atoms with Gasteiger partial charge in [0.2, 0.25) is 6.54 Å². The number of nitro groups is 1. The normalized spacial score (nSPS) is 12.6. The summed E-state index contributed by atoms with van der Waals surface area (Å²) in [6, 6.07) is 9.77. The Morgan fingerprint density at radius 2 is 1.80 bits per heavy atom. The number of rotatable bonds is 7. The molecule has 0 spiro atoms. The number of hydrogen-bond donors (Lipinski definition) is 3. The summed E-state index contributed by atoms with van der Waals surface area (Å²) in [5, 5.41) is 32.9. The van der Waals surface area contributed by atoms with E-state index in [1.807, 2.05) is 6.07 Å². The highest BCUT2D eigenvalue weighted by Crippen LogP contribution is 2.20. The number of carbonyl (C=O) groups excluding carboxylic acids is 1. The highest BCUT2D eigenvalue weighted by molar-refractivity contribution is 5.74. The van der Waals surface area contributed by atoms with E-state index in [4.69, 9.17) is 0 Å². The maximum Gasteiger partial charge on any atom is 0.286 e. The van der Waals surface area contributed by atoms with Gasteiger partial charge < -0.3 is 32.5 Å². The smallest absolute Gasteiger partial charge is 0.286 e. The lowest BCUT2D eigenvalue weighted by Gasteiger charge is -2.22. The van der Waals surface area contributed by atoms with Gasteiger partial charge in [-0.2, -0.15) is 4.57 Å². The number of pyridine rings is 1. The second-order valence-corrected chi connectivity index (χ2v) is 5.20. The lowest BCUT2D eigenvalue weighted by Crippen LogP contribution is -3.00. The standard InChI is InChI=1S/C16H17N3O5.BrH/c20-11-14(17-15(21)10-18-8-2-1-3-9-18)16(22)12-4-6-13(7-5-12)19(23)24;/h1-9,14,16,20,22H,10-11H2;1H/t14-,16-;/m1./s1. The molecule has 0 radical (unpaired) electrons. The molecule has 2 rings (SSSR count). The zero-order valence-corrected chi connectivity index (χ0v) is 14.7. The first-order valence-corrected chi connectivity index (χ1v) is 7.28. The molecule has 1 aromatic heterocycles. The van der Waals surface area contributed by atoms with Gasteiger partial charge in [0.1, 0.15) is 6.10 Å². The van der Waals surface area contributed by atoms with Gasteiger partial charge >= 0.3 is 0 Å². The summed E-state index contributed by atoms with van der Waals surface area (Å²) in [4.78, 5) is 22.1. The van der Waals surface area contributed by atoms with Crippen molar-refractivity contribution in [2.24, 2.45) is 0 Å². The molecule has 1 amide bonds.